The van der Waals surface area contributed by atoms with Crippen LogP contribution >= 0.6 is 15.9 Å². The van der Waals surface area contributed by atoms with Gasteiger partial charge in [0, 0.05) is 60.1 Å². The summed E-state index contributed by atoms with van der Waals surface area (Å²) in [5, 5.41) is 0. The summed E-state index contributed by atoms with van der Waals surface area (Å²) in [6, 6.07) is 29.3. The molecule has 1 heterocycles. The molecule has 46 heavy (non-hydrogen) atoms. The van der Waals surface area contributed by atoms with Gasteiger partial charge in [-0.25, -0.2) is 0 Å². The predicted molar refractivity (Wildman–Crippen MR) is 183 cm³/mol. The van der Waals surface area contributed by atoms with Crippen LogP contribution in [0.15, 0.2) is 106 Å². The number of fused-ring (bicyclic) bond motifs is 2. The number of pyridine rings is 1. The van der Waals surface area contributed by atoms with Crippen LogP contribution < -0.4 is 15.0 Å². The molecule has 2 aliphatic rings. The molecule has 7 rings (SSSR count). The Bertz CT molecular complexity index is 1960. The summed E-state index contributed by atoms with van der Waals surface area (Å²) in [5.74, 6) is 3.56. The molecule has 0 N–H and O–H groups in total. The van der Waals surface area contributed by atoms with Crippen LogP contribution in [0.1, 0.15) is 40.7 Å². The van der Waals surface area contributed by atoms with Crippen molar-refractivity contribution < 1.29 is 19.1 Å². The number of rotatable bonds is 5. The standard InChI is InChI=1S/C23H21NO3.C16H13BrO2/c1-15-10-18(14-24(2)23(15)26)17-11-16-8-9-19(25)13-21(16)22(12-17)27-20-6-4-3-5-7-20;17-12-8-11-6-7-13(18)10-15(11)16(9-12)19-14-4-2-1-3-5-14/h3-7,10-12,14H,8-9,13H2,1-2H3;1-5,8-9H,6-7,10H2. The van der Waals surface area contributed by atoms with Gasteiger partial charge in [0.15, 0.2) is 0 Å². The van der Waals surface area contributed by atoms with Gasteiger partial charge in [-0.1, -0.05) is 58.4 Å². The molecule has 1 aromatic heterocycles. The first-order chi connectivity index (χ1) is 22.2. The van der Waals surface area contributed by atoms with Crippen molar-refractivity contribution in [3.05, 3.63) is 140 Å². The zero-order valence-corrected chi connectivity index (χ0v) is 27.4. The molecule has 0 fully saturated rings. The summed E-state index contributed by atoms with van der Waals surface area (Å²) in [6.07, 6.45) is 5.45. The quantitative estimate of drug-likeness (QED) is 0.187. The Kier molecular flexibility index (Phi) is 9.31. The number of hydrogen-bond donors (Lipinski definition) is 0. The molecule has 6 nitrogen and oxygen atoms in total. The van der Waals surface area contributed by atoms with Crippen molar-refractivity contribution >= 4 is 27.5 Å². The third-order valence-corrected chi connectivity index (χ3v) is 8.76. The molecule has 0 amide bonds. The second-order valence-electron chi connectivity index (χ2n) is 11.7. The number of halogens is 1. The zero-order chi connectivity index (χ0) is 32.2. The molecule has 7 heteroatoms. The fourth-order valence-electron chi connectivity index (χ4n) is 5.95. The van der Waals surface area contributed by atoms with Crippen molar-refractivity contribution in [2.75, 3.05) is 0 Å². The Labute approximate surface area is 276 Å². The van der Waals surface area contributed by atoms with E-state index in [9.17, 15) is 14.4 Å². The molecule has 0 saturated heterocycles. The van der Waals surface area contributed by atoms with Crippen molar-refractivity contribution in [2.45, 2.75) is 45.4 Å². The second kappa shape index (κ2) is 13.7. The molecule has 0 aliphatic heterocycles. The summed E-state index contributed by atoms with van der Waals surface area (Å²) >= 11 is 3.50. The SMILES string of the molecule is Cc1cc(-c2cc3c(c(Oc4ccccc4)c2)CC(=O)CC3)cn(C)c1=O.O=C1CCc2cc(Br)cc(Oc3ccccc3)c2C1. The van der Waals surface area contributed by atoms with Crippen LogP contribution in [0.4, 0.5) is 0 Å². The van der Waals surface area contributed by atoms with E-state index in [0.717, 1.165) is 62.4 Å². The minimum absolute atomic E-state index is 0.00284. The van der Waals surface area contributed by atoms with E-state index < -0.39 is 0 Å². The molecule has 5 aromatic rings. The number of nitrogens with zero attached hydrogens (tertiary/aromatic N) is 1. The molecule has 0 atom stereocenters. The van der Waals surface area contributed by atoms with Gasteiger partial charge in [-0.3, -0.25) is 14.4 Å². The molecule has 0 spiro atoms. The molecule has 2 aliphatic carbocycles. The van der Waals surface area contributed by atoms with Crippen LogP contribution in [0.25, 0.3) is 11.1 Å². The number of para-hydroxylation sites is 2. The fraction of sp³-hybridized carbons (Fsp3) is 0.205. The number of carbonyl (C=O) groups excluding carboxylic acids is 2. The Balaban J connectivity index is 0.000000172. The van der Waals surface area contributed by atoms with Crippen LogP contribution in [0.5, 0.6) is 23.0 Å². The van der Waals surface area contributed by atoms with Crippen molar-refractivity contribution in [3.63, 3.8) is 0 Å². The van der Waals surface area contributed by atoms with E-state index in [4.69, 9.17) is 9.47 Å². The maximum Gasteiger partial charge on any atom is 0.253 e. The lowest BCUT2D eigenvalue weighted by molar-refractivity contribution is -0.119. The van der Waals surface area contributed by atoms with Gasteiger partial charge in [0.05, 0.1) is 0 Å². The van der Waals surface area contributed by atoms with E-state index in [1.165, 1.54) is 5.56 Å². The number of benzene rings is 4. The third-order valence-electron chi connectivity index (χ3n) is 8.30. The van der Waals surface area contributed by atoms with E-state index in [1.54, 1.807) is 11.6 Å². The van der Waals surface area contributed by atoms with Gasteiger partial charge in [0.25, 0.3) is 5.56 Å². The summed E-state index contributed by atoms with van der Waals surface area (Å²) in [6.45, 7) is 1.82. The van der Waals surface area contributed by atoms with E-state index in [2.05, 4.69) is 28.1 Å². The van der Waals surface area contributed by atoms with E-state index in [0.29, 0.717) is 37.0 Å². The van der Waals surface area contributed by atoms with E-state index >= 15 is 0 Å². The van der Waals surface area contributed by atoms with Gasteiger partial charge in [-0.2, -0.15) is 0 Å². The average Bonchev–Trinajstić information content (AvgIpc) is 3.05. The first-order valence-corrected chi connectivity index (χ1v) is 16.2. The normalized spacial score (nSPS) is 13.6. The van der Waals surface area contributed by atoms with Crippen molar-refractivity contribution in [1.29, 1.82) is 0 Å². The van der Waals surface area contributed by atoms with Crippen molar-refractivity contribution in [3.8, 4) is 34.1 Å². The Hall–Kier alpha value is -4.75. The molecule has 0 radical (unpaired) electrons. The molecule has 4 aromatic carbocycles. The molecule has 0 saturated carbocycles. The lowest BCUT2D eigenvalue weighted by Gasteiger charge is -2.21. The maximum atomic E-state index is 12.0. The monoisotopic (exact) mass is 675 g/mol. The molecular weight excluding hydrogens is 642 g/mol. The highest BCUT2D eigenvalue weighted by atomic mass is 79.9. The smallest absolute Gasteiger partial charge is 0.253 e. The van der Waals surface area contributed by atoms with Gasteiger partial charge >= 0.3 is 0 Å². The van der Waals surface area contributed by atoms with Crippen LogP contribution in [0.3, 0.4) is 0 Å². The van der Waals surface area contributed by atoms with Crippen LogP contribution in [-0.2, 0) is 42.3 Å². The highest BCUT2D eigenvalue weighted by Gasteiger charge is 2.22. The Morgan fingerprint density at radius 2 is 1.15 bits per heavy atom. The molecule has 232 valence electrons. The van der Waals surface area contributed by atoms with Crippen LogP contribution in [-0.4, -0.2) is 16.1 Å². The average molecular weight is 677 g/mol. The minimum atomic E-state index is 0.00284. The second-order valence-corrected chi connectivity index (χ2v) is 12.7. The number of ether oxygens (including phenoxy) is 2. The lowest BCUT2D eigenvalue weighted by atomic mass is 9.87. The highest BCUT2D eigenvalue weighted by Crippen LogP contribution is 2.37. The summed E-state index contributed by atoms with van der Waals surface area (Å²) in [7, 11) is 1.76. The predicted octanol–water partition coefficient (Wildman–Crippen LogP) is 8.51. The highest BCUT2D eigenvalue weighted by molar-refractivity contribution is 9.10. The number of aryl methyl sites for hydroxylation is 4. The number of Topliss-reactive ketones (excluding diaryl/α,β-unsaturated/α-hetero) is 2. The van der Waals surface area contributed by atoms with Crippen LogP contribution in [0.2, 0.25) is 0 Å². The van der Waals surface area contributed by atoms with Crippen LogP contribution in [0, 0.1) is 6.92 Å². The largest absolute Gasteiger partial charge is 0.457 e. The first-order valence-electron chi connectivity index (χ1n) is 15.4. The number of hydrogen-bond acceptors (Lipinski definition) is 5. The molecular formula is C39H34BrNO5. The van der Waals surface area contributed by atoms with Gasteiger partial charge in [-0.15, -0.1) is 0 Å². The lowest BCUT2D eigenvalue weighted by Crippen LogP contribution is -2.18. The maximum absolute atomic E-state index is 12.0. The third kappa shape index (κ3) is 7.21. The van der Waals surface area contributed by atoms with Crippen molar-refractivity contribution in [2.24, 2.45) is 7.05 Å². The molecule has 0 unspecified atom stereocenters. The van der Waals surface area contributed by atoms with Gasteiger partial charge in [0.1, 0.15) is 34.6 Å². The topological polar surface area (TPSA) is 74.6 Å². The number of ketones is 2. The zero-order valence-electron chi connectivity index (χ0n) is 25.8. The first kappa shape index (κ1) is 31.2. The number of aromatic nitrogens is 1. The fourth-order valence-corrected chi connectivity index (χ4v) is 6.44. The van der Waals surface area contributed by atoms with E-state index in [-0.39, 0.29) is 17.1 Å². The summed E-state index contributed by atoms with van der Waals surface area (Å²) in [5.41, 5.74) is 7.02. The Morgan fingerprint density at radius 3 is 1.70 bits per heavy atom. The van der Waals surface area contributed by atoms with Crippen molar-refractivity contribution in [1.82, 2.24) is 4.57 Å². The van der Waals surface area contributed by atoms with E-state index in [1.807, 2.05) is 92.0 Å². The van der Waals surface area contributed by atoms with Gasteiger partial charge in [0.2, 0.25) is 0 Å². The van der Waals surface area contributed by atoms with Gasteiger partial charge < -0.3 is 14.0 Å². The van der Waals surface area contributed by atoms with Gasteiger partial charge in [-0.05, 0) is 90.6 Å². The number of carbonyl (C=O) groups is 2. The minimum Gasteiger partial charge on any atom is -0.457 e. The Morgan fingerprint density at radius 1 is 0.630 bits per heavy atom. The molecule has 0 bridgehead atoms. The summed E-state index contributed by atoms with van der Waals surface area (Å²) < 4.78 is 14.7. The summed E-state index contributed by atoms with van der Waals surface area (Å²) in [4.78, 5) is 35.7.